The number of hydrogen-bond acceptors (Lipinski definition) is 4. The number of thioether (sulfide) groups is 1. The second-order valence-corrected chi connectivity index (χ2v) is 5.31. The van der Waals surface area contributed by atoms with E-state index in [0.29, 0.717) is 22.2 Å². The van der Waals surface area contributed by atoms with Crippen molar-refractivity contribution in [1.29, 1.82) is 0 Å². The van der Waals surface area contributed by atoms with Crippen molar-refractivity contribution in [1.82, 2.24) is 14.8 Å². The summed E-state index contributed by atoms with van der Waals surface area (Å²) in [6, 6.07) is 4.58. The molecule has 0 spiro atoms. The molecular formula is C12H15FN4OS. The Hall–Kier alpha value is -1.76. The minimum atomic E-state index is -0.346. The molecule has 0 atom stereocenters. The van der Waals surface area contributed by atoms with Gasteiger partial charge < -0.3 is 5.73 Å². The molecule has 3 N–H and O–H groups in total. The number of benzene rings is 1. The highest BCUT2D eigenvalue weighted by Gasteiger charge is 2.14. The molecule has 0 aliphatic heterocycles. The first-order valence-corrected chi connectivity index (χ1v) is 6.82. The van der Waals surface area contributed by atoms with Gasteiger partial charge in [0.15, 0.2) is 5.16 Å². The highest BCUT2D eigenvalue weighted by Crippen LogP contribution is 2.26. The van der Waals surface area contributed by atoms with Crippen LogP contribution in [0.4, 0.5) is 10.1 Å². The van der Waals surface area contributed by atoms with Crippen molar-refractivity contribution < 1.29 is 4.39 Å². The normalized spacial score (nSPS) is 11.2. The minimum absolute atomic E-state index is 0.00767. The number of H-pyrrole nitrogens is 1. The summed E-state index contributed by atoms with van der Waals surface area (Å²) in [6.45, 7) is 3.77. The SMILES string of the molecule is CC(C)n1c(SCc2c(N)cccc2F)n[nH]c1=O. The maximum atomic E-state index is 13.6. The summed E-state index contributed by atoms with van der Waals surface area (Å²) in [5.41, 5.74) is 6.31. The molecule has 1 heterocycles. The largest absolute Gasteiger partial charge is 0.398 e. The van der Waals surface area contributed by atoms with Crippen LogP contribution >= 0.6 is 11.8 Å². The number of nitrogens with two attached hydrogens (primary N) is 1. The van der Waals surface area contributed by atoms with E-state index in [1.165, 1.54) is 22.4 Å². The molecule has 1 aromatic carbocycles. The van der Waals surface area contributed by atoms with Crippen LogP contribution in [0.5, 0.6) is 0 Å². The topological polar surface area (TPSA) is 76.7 Å². The van der Waals surface area contributed by atoms with Gasteiger partial charge in [0.2, 0.25) is 0 Å². The van der Waals surface area contributed by atoms with Gasteiger partial charge in [-0.3, -0.25) is 4.57 Å². The van der Waals surface area contributed by atoms with E-state index in [4.69, 9.17) is 5.73 Å². The standard InChI is InChI=1S/C12H15FN4OS/c1-7(2)17-11(18)15-16-12(17)19-6-8-9(13)4-3-5-10(8)14/h3-5,7H,6,14H2,1-2H3,(H,15,18). The summed E-state index contributed by atoms with van der Waals surface area (Å²) >= 11 is 1.28. The number of aromatic nitrogens is 3. The van der Waals surface area contributed by atoms with Crippen LogP contribution in [0.15, 0.2) is 28.2 Å². The molecule has 1 aromatic heterocycles. The van der Waals surface area contributed by atoms with Crippen molar-refractivity contribution in [2.24, 2.45) is 0 Å². The number of nitrogens with zero attached hydrogens (tertiary/aromatic N) is 2. The summed E-state index contributed by atoms with van der Waals surface area (Å²) < 4.78 is 15.2. The molecule has 0 fully saturated rings. The second kappa shape index (κ2) is 5.48. The Morgan fingerprint density at radius 1 is 1.53 bits per heavy atom. The molecule has 0 saturated carbocycles. The van der Waals surface area contributed by atoms with E-state index < -0.39 is 0 Å². The number of aromatic amines is 1. The molecule has 0 saturated heterocycles. The van der Waals surface area contributed by atoms with Crippen molar-refractivity contribution in [3.63, 3.8) is 0 Å². The van der Waals surface area contributed by atoms with E-state index in [1.54, 1.807) is 12.1 Å². The van der Waals surface area contributed by atoms with Gasteiger partial charge in [-0.05, 0) is 26.0 Å². The fourth-order valence-corrected chi connectivity index (χ4v) is 2.83. The summed E-state index contributed by atoms with van der Waals surface area (Å²) in [5, 5.41) is 6.86. The molecule has 5 nitrogen and oxygen atoms in total. The summed E-state index contributed by atoms with van der Waals surface area (Å²) in [5.74, 6) is -0.0170. The monoisotopic (exact) mass is 282 g/mol. The van der Waals surface area contributed by atoms with Gasteiger partial charge in [0.05, 0.1) is 0 Å². The Morgan fingerprint density at radius 2 is 2.26 bits per heavy atom. The molecule has 0 radical (unpaired) electrons. The van der Waals surface area contributed by atoms with Crippen LogP contribution in [0.2, 0.25) is 0 Å². The lowest BCUT2D eigenvalue weighted by Gasteiger charge is -2.09. The van der Waals surface area contributed by atoms with Gasteiger partial charge in [0.25, 0.3) is 0 Å². The van der Waals surface area contributed by atoms with E-state index in [2.05, 4.69) is 10.2 Å². The predicted octanol–water partition coefficient (Wildman–Crippen LogP) is 2.17. The number of nitrogens with one attached hydrogen (secondary N) is 1. The zero-order chi connectivity index (χ0) is 14.0. The van der Waals surface area contributed by atoms with Crippen LogP contribution in [0.1, 0.15) is 25.5 Å². The van der Waals surface area contributed by atoms with Crippen LogP contribution in [0.3, 0.4) is 0 Å². The number of halogens is 1. The third-order valence-corrected chi connectivity index (χ3v) is 3.67. The number of hydrogen-bond donors (Lipinski definition) is 2. The molecule has 19 heavy (non-hydrogen) atoms. The van der Waals surface area contributed by atoms with Crippen molar-refractivity contribution in [3.8, 4) is 0 Å². The highest BCUT2D eigenvalue weighted by atomic mass is 32.2. The average molecular weight is 282 g/mol. The third kappa shape index (κ3) is 2.81. The Labute approximate surface area is 114 Å². The first kappa shape index (κ1) is 13.7. The molecule has 0 aliphatic carbocycles. The van der Waals surface area contributed by atoms with Crippen LogP contribution in [0.25, 0.3) is 0 Å². The Bertz CT molecular complexity index is 615. The molecule has 0 amide bonds. The quantitative estimate of drug-likeness (QED) is 0.665. The Balaban J connectivity index is 2.22. The molecule has 7 heteroatoms. The maximum absolute atomic E-state index is 13.6. The van der Waals surface area contributed by atoms with Gasteiger partial charge in [0.1, 0.15) is 5.82 Å². The fourth-order valence-electron chi connectivity index (χ4n) is 1.71. The van der Waals surface area contributed by atoms with Gasteiger partial charge in [-0.2, -0.15) is 0 Å². The van der Waals surface area contributed by atoms with Crippen molar-refractivity contribution in [3.05, 3.63) is 40.1 Å². The smallest absolute Gasteiger partial charge is 0.344 e. The van der Waals surface area contributed by atoms with Gasteiger partial charge in [-0.1, -0.05) is 17.8 Å². The summed E-state index contributed by atoms with van der Waals surface area (Å²) in [7, 11) is 0. The maximum Gasteiger partial charge on any atom is 0.344 e. The zero-order valence-electron chi connectivity index (χ0n) is 10.7. The molecule has 0 aliphatic rings. The van der Waals surface area contributed by atoms with E-state index >= 15 is 0 Å². The van der Waals surface area contributed by atoms with Gasteiger partial charge in [-0.25, -0.2) is 14.3 Å². The predicted molar refractivity (Wildman–Crippen MR) is 73.6 cm³/mol. The van der Waals surface area contributed by atoms with Crippen molar-refractivity contribution in [2.75, 3.05) is 5.73 Å². The van der Waals surface area contributed by atoms with Gasteiger partial charge in [-0.15, -0.1) is 5.10 Å². The van der Waals surface area contributed by atoms with Gasteiger partial charge >= 0.3 is 5.69 Å². The average Bonchev–Trinajstić information content (AvgIpc) is 2.70. The van der Waals surface area contributed by atoms with Crippen LogP contribution in [-0.2, 0) is 5.75 Å². The number of anilines is 1. The molecular weight excluding hydrogens is 267 g/mol. The number of nitrogen functional groups attached to an aromatic ring is 1. The Kier molecular flexibility index (Phi) is 3.94. The molecule has 0 bridgehead atoms. The lowest BCUT2D eigenvalue weighted by Crippen LogP contribution is -2.19. The molecule has 2 rings (SSSR count). The van der Waals surface area contributed by atoms with Crippen molar-refractivity contribution >= 4 is 17.4 Å². The lowest BCUT2D eigenvalue weighted by molar-refractivity contribution is 0.534. The van der Waals surface area contributed by atoms with Crippen LogP contribution < -0.4 is 11.4 Å². The Morgan fingerprint density at radius 3 is 2.89 bits per heavy atom. The molecule has 0 unspecified atom stereocenters. The van der Waals surface area contributed by atoms with E-state index in [9.17, 15) is 9.18 Å². The van der Waals surface area contributed by atoms with E-state index in [-0.39, 0.29) is 17.5 Å². The first-order valence-electron chi connectivity index (χ1n) is 5.83. The summed E-state index contributed by atoms with van der Waals surface area (Å²) in [4.78, 5) is 11.6. The highest BCUT2D eigenvalue weighted by molar-refractivity contribution is 7.98. The summed E-state index contributed by atoms with van der Waals surface area (Å²) in [6.07, 6.45) is 0. The molecule has 2 aromatic rings. The lowest BCUT2D eigenvalue weighted by atomic mass is 10.2. The number of rotatable bonds is 4. The minimum Gasteiger partial charge on any atom is -0.398 e. The van der Waals surface area contributed by atoms with Crippen LogP contribution in [0, 0.1) is 5.82 Å². The third-order valence-electron chi connectivity index (χ3n) is 2.69. The van der Waals surface area contributed by atoms with Crippen LogP contribution in [-0.4, -0.2) is 14.8 Å². The first-order chi connectivity index (χ1) is 9.00. The van der Waals surface area contributed by atoms with Crippen molar-refractivity contribution in [2.45, 2.75) is 30.8 Å². The van der Waals surface area contributed by atoms with Gasteiger partial charge in [0, 0.05) is 23.0 Å². The zero-order valence-corrected chi connectivity index (χ0v) is 11.5. The molecule has 102 valence electrons. The second-order valence-electron chi connectivity index (χ2n) is 4.37. The fraction of sp³-hybridized carbons (Fsp3) is 0.333. The van der Waals surface area contributed by atoms with E-state index in [0.717, 1.165) is 0 Å². The van der Waals surface area contributed by atoms with E-state index in [1.807, 2.05) is 13.8 Å².